The second-order valence-corrected chi connectivity index (χ2v) is 6.20. The van der Waals surface area contributed by atoms with Crippen LogP contribution in [0.15, 0.2) is 42.6 Å². The van der Waals surface area contributed by atoms with Gasteiger partial charge in [-0.3, -0.25) is 4.98 Å². The number of fused-ring (bicyclic) bond motifs is 1. The molecule has 0 radical (unpaired) electrons. The number of nitrogen functional groups attached to an aromatic ring is 1. The first-order valence-corrected chi connectivity index (χ1v) is 8.77. The lowest BCUT2D eigenvalue weighted by atomic mass is 10.1. The van der Waals surface area contributed by atoms with Crippen LogP contribution in [0.2, 0.25) is 5.02 Å². The number of nitrogens with zero attached hydrogens (tertiary/aromatic N) is 1. The Hall–Kier alpha value is -3.03. The molecule has 3 rings (SSSR count). The van der Waals surface area contributed by atoms with Gasteiger partial charge >= 0.3 is 5.97 Å². The molecule has 0 fully saturated rings. The number of carbonyl (C=O) groups is 1. The number of ether oxygens (including phenoxy) is 4. The van der Waals surface area contributed by atoms with Crippen LogP contribution in [0, 0.1) is 0 Å². The molecule has 2 aromatic carbocycles. The SMILES string of the molecule is COCCOc1cc2nccc(Oc3ccc(N)c(Cl)c3)c2cc1C(=O)OC. The minimum atomic E-state index is -0.528. The van der Waals surface area contributed by atoms with E-state index in [4.69, 9.17) is 36.3 Å². The molecule has 8 heteroatoms. The molecule has 7 nitrogen and oxygen atoms in total. The monoisotopic (exact) mass is 402 g/mol. The van der Waals surface area contributed by atoms with E-state index in [0.29, 0.717) is 45.5 Å². The predicted molar refractivity (Wildman–Crippen MR) is 106 cm³/mol. The molecule has 1 aromatic heterocycles. The number of pyridine rings is 1. The quantitative estimate of drug-likeness (QED) is 0.361. The van der Waals surface area contributed by atoms with Gasteiger partial charge in [-0.1, -0.05) is 11.6 Å². The van der Waals surface area contributed by atoms with Crippen molar-refractivity contribution in [3.8, 4) is 17.2 Å². The van der Waals surface area contributed by atoms with Gasteiger partial charge in [0.2, 0.25) is 0 Å². The van der Waals surface area contributed by atoms with Crippen LogP contribution in [-0.4, -0.2) is 38.4 Å². The summed E-state index contributed by atoms with van der Waals surface area (Å²) in [5.41, 5.74) is 7.05. The van der Waals surface area contributed by atoms with Crippen molar-refractivity contribution in [3.63, 3.8) is 0 Å². The second kappa shape index (κ2) is 8.77. The largest absolute Gasteiger partial charge is 0.490 e. The van der Waals surface area contributed by atoms with Crippen molar-refractivity contribution < 1.29 is 23.7 Å². The van der Waals surface area contributed by atoms with E-state index in [2.05, 4.69) is 4.98 Å². The van der Waals surface area contributed by atoms with Gasteiger partial charge in [-0.25, -0.2) is 4.79 Å². The fourth-order valence-electron chi connectivity index (χ4n) is 2.56. The highest BCUT2D eigenvalue weighted by atomic mass is 35.5. The molecule has 0 saturated heterocycles. The molecular formula is C20H19ClN2O5. The summed E-state index contributed by atoms with van der Waals surface area (Å²) in [4.78, 5) is 16.6. The molecule has 0 amide bonds. The van der Waals surface area contributed by atoms with Crippen LogP contribution in [0.5, 0.6) is 17.2 Å². The van der Waals surface area contributed by atoms with Crippen molar-refractivity contribution in [1.29, 1.82) is 0 Å². The molecule has 0 aliphatic rings. The Morgan fingerprint density at radius 3 is 2.64 bits per heavy atom. The Morgan fingerprint density at radius 2 is 1.93 bits per heavy atom. The zero-order valence-corrected chi connectivity index (χ0v) is 16.2. The lowest BCUT2D eigenvalue weighted by molar-refractivity contribution is 0.0594. The Balaban J connectivity index is 2.04. The van der Waals surface area contributed by atoms with Gasteiger partial charge in [-0.05, 0) is 24.3 Å². The number of rotatable bonds is 7. The number of methoxy groups -OCH3 is 2. The van der Waals surface area contributed by atoms with Crippen LogP contribution in [0.4, 0.5) is 5.69 Å². The highest BCUT2D eigenvalue weighted by Crippen LogP contribution is 2.35. The minimum Gasteiger partial charge on any atom is -0.490 e. The maximum absolute atomic E-state index is 12.2. The molecule has 0 spiro atoms. The molecule has 0 unspecified atom stereocenters. The van der Waals surface area contributed by atoms with E-state index in [9.17, 15) is 4.79 Å². The van der Waals surface area contributed by atoms with Crippen molar-refractivity contribution in [1.82, 2.24) is 4.98 Å². The van der Waals surface area contributed by atoms with E-state index in [-0.39, 0.29) is 12.2 Å². The number of nitrogens with two attached hydrogens (primary N) is 1. The van der Waals surface area contributed by atoms with Gasteiger partial charge in [0, 0.05) is 30.8 Å². The number of hydrogen-bond donors (Lipinski definition) is 1. The van der Waals surface area contributed by atoms with Crippen molar-refractivity contribution in [2.45, 2.75) is 0 Å². The summed E-state index contributed by atoms with van der Waals surface area (Å²) in [6.45, 7) is 0.666. The Labute approximate surface area is 166 Å². The van der Waals surface area contributed by atoms with Crippen LogP contribution in [0.1, 0.15) is 10.4 Å². The zero-order valence-electron chi connectivity index (χ0n) is 15.4. The summed E-state index contributed by atoms with van der Waals surface area (Å²) in [7, 11) is 2.88. The van der Waals surface area contributed by atoms with E-state index in [1.807, 2.05) is 0 Å². The number of hydrogen-bond acceptors (Lipinski definition) is 7. The summed E-state index contributed by atoms with van der Waals surface area (Å²) in [6, 6.07) is 9.97. The molecule has 146 valence electrons. The first kappa shape index (κ1) is 19.7. The number of carbonyl (C=O) groups excluding carboxylic acids is 1. The lowest BCUT2D eigenvalue weighted by Gasteiger charge is -2.14. The van der Waals surface area contributed by atoms with E-state index >= 15 is 0 Å². The third-order valence-corrected chi connectivity index (χ3v) is 4.28. The number of benzene rings is 2. The number of anilines is 1. The Bertz CT molecular complexity index is 1010. The summed E-state index contributed by atoms with van der Waals surface area (Å²) >= 11 is 6.06. The van der Waals surface area contributed by atoms with E-state index in [0.717, 1.165) is 0 Å². The fraction of sp³-hybridized carbons (Fsp3) is 0.200. The maximum Gasteiger partial charge on any atom is 0.341 e. The highest BCUT2D eigenvalue weighted by Gasteiger charge is 2.17. The molecule has 3 aromatic rings. The molecule has 28 heavy (non-hydrogen) atoms. The van der Waals surface area contributed by atoms with Gasteiger partial charge in [0.15, 0.2) is 0 Å². The third kappa shape index (κ3) is 4.27. The van der Waals surface area contributed by atoms with Gasteiger partial charge in [0.25, 0.3) is 0 Å². The summed E-state index contributed by atoms with van der Waals surface area (Å²) in [6.07, 6.45) is 1.60. The molecule has 0 aliphatic heterocycles. The molecule has 0 saturated carbocycles. The normalized spacial score (nSPS) is 10.7. The van der Waals surface area contributed by atoms with Gasteiger partial charge in [0.1, 0.15) is 29.4 Å². The number of aromatic nitrogens is 1. The number of halogens is 1. The minimum absolute atomic E-state index is 0.263. The van der Waals surface area contributed by atoms with Crippen LogP contribution < -0.4 is 15.2 Å². The molecule has 2 N–H and O–H groups in total. The average molecular weight is 403 g/mol. The fourth-order valence-corrected chi connectivity index (χ4v) is 2.73. The smallest absolute Gasteiger partial charge is 0.341 e. The van der Waals surface area contributed by atoms with Gasteiger partial charge in [0.05, 0.1) is 29.9 Å². The summed E-state index contributed by atoms with van der Waals surface area (Å²) in [5.74, 6) is 0.836. The van der Waals surface area contributed by atoms with Crippen molar-refractivity contribution in [3.05, 3.63) is 53.2 Å². The van der Waals surface area contributed by atoms with Crippen LogP contribution >= 0.6 is 11.6 Å². The molecule has 0 aliphatic carbocycles. The average Bonchev–Trinajstić information content (AvgIpc) is 2.70. The molecule has 0 bridgehead atoms. The lowest BCUT2D eigenvalue weighted by Crippen LogP contribution is -2.10. The Kier molecular flexibility index (Phi) is 6.18. The van der Waals surface area contributed by atoms with E-state index < -0.39 is 5.97 Å². The second-order valence-electron chi connectivity index (χ2n) is 5.79. The highest BCUT2D eigenvalue weighted by molar-refractivity contribution is 6.33. The van der Waals surface area contributed by atoms with Crippen LogP contribution in [-0.2, 0) is 9.47 Å². The summed E-state index contributed by atoms with van der Waals surface area (Å²) < 4.78 is 21.5. The Morgan fingerprint density at radius 1 is 1.11 bits per heavy atom. The van der Waals surface area contributed by atoms with Crippen molar-refractivity contribution in [2.75, 3.05) is 33.2 Å². The molecular weight excluding hydrogens is 384 g/mol. The first-order chi connectivity index (χ1) is 13.5. The van der Waals surface area contributed by atoms with Crippen molar-refractivity contribution in [2.24, 2.45) is 0 Å². The number of esters is 1. The van der Waals surface area contributed by atoms with Gasteiger partial charge in [-0.15, -0.1) is 0 Å². The molecule has 0 atom stereocenters. The molecule has 1 heterocycles. The first-order valence-electron chi connectivity index (χ1n) is 8.39. The van der Waals surface area contributed by atoms with Crippen LogP contribution in [0.3, 0.4) is 0 Å². The third-order valence-electron chi connectivity index (χ3n) is 3.95. The zero-order chi connectivity index (χ0) is 20.1. The van der Waals surface area contributed by atoms with Gasteiger partial charge < -0.3 is 24.7 Å². The van der Waals surface area contributed by atoms with E-state index in [1.165, 1.54) is 7.11 Å². The topological polar surface area (TPSA) is 92.9 Å². The predicted octanol–water partition coefficient (Wildman–Crippen LogP) is 4.07. The van der Waals surface area contributed by atoms with Gasteiger partial charge in [-0.2, -0.15) is 0 Å². The van der Waals surface area contributed by atoms with Crippen LogP contribution in [0.25, 0.3) is 10.9 Å². The van der Waals surface area contributed by atoms with E-state index in [1.54, 1.807) is 49.7 Å². The van der Waals surface area contributed by atoms with Crippen molar-refractivity contribution >= 4 is 34.2 Å². The maximum atomic E-state index is 12.2. The standard InChI is InChI=1S/C20H19ClN2O5/c1-25-7-8-27-19-11-17-13(10-14(19)20(24)26-2)18(5-6-23-17)28-12-3-4-16(22)15(21)9-12/h3-6,9-11H,7-8,22H2,1-2H3. The summed E-state index contributed by atoms with van der Waals surface area (Å²) in [5, 5.41) is 1.01.